The molecule has 2 aromatic carbocycles. The molecular formula is C32H44F2N4. The van der Waals surface area contributed by atoms with E-state index in [9.17, 15) is 8.78 Å². The number of nitrogens with zero attached hydrogens (tertiary/aromatic N) is 2. The highest BCUT2D eigenvalue weighted by Crippen LogP contribution is 2.30. The van der Waals surface area contributed by atoms with Gasteiger partial charge in [-0.1, -0.05) is 13.8 Å². The van der Waals surface area contributed by atoms with E-state index in [1.165, 1.54) is 42.5 Å². The zero-order valence-corrected chi connectivity index (χ0v) is 23.7. The van der Waals surface area contributed by atoms with Gasteiger partial charge in [0.05, 0.1) is 0 Å². The van der Waals surface area contributed by atoms with Crippen LogP contribution in [0.2, 0.25) is 0 Å². The summed E-state index contributed by atoms with van der Waals surface area (Å²) < 4.78 is 26.7. The standard InChI is InChI=1S/C17H23FN2.C15H21FN2/c1-3-12(2)20(15-5-6-15)9-8-13-11-19-17-7-4-14(18)10-16(13)17;1-4-18(11(2)3)8-7-12-10-17-15-6-5-13(16)9-14(12)15/h4,7,10-12,15,19H,3,5-6,8-9H2,1-2H3;5-6,9-11,17H,4,7-8H2,1-3H3. The molecule has 5 rings (SSSR count). The van der Waals surface area contributed by atoms with Crippen molar-refractivity contribution in [2.75, 3.05) is 19.6 Å². The molecule has 6 heteroatoms. The van der Waals surface area contributed by atoms with E-state index >= 15 is 0 Å². The summed E-state index contributed by atoms with van der Waals surface area (Å²) in [5.41, 5.74) is 4.47. The van der Waals surface area contributed by atoms with Crippen molar-refractivity contribution >= 4 is 21.8 Å². The number of hydrogen-bond acceptors (Lipinski definition) is 2. The summed E-state index contributed by atoms with van der Waals surface area (Å²) >= 11 is 0. The van der Waals surface area contributed by atoms with Crippen LogP contribution in [0, 0.1) is 11.6 Å². The van der Waals surface area contributed by atoms with Crippen molar-refractivity contribution < 1.29 is 8.78 Å². The number of aromatic nitrogens is 2. The fourth-order valence-corrected chi connectivity index (χ4v) is 5.41. The third-order valence-corrected chi connectivity index (χ3v) is 8.08. The van der Waals surface area contributed by atoms with Gasteiger partial charge in [0.2, 0.25) is 0 Å². The first-order valence-electron chi connectivity index (χ1n) is 14.3. The number of hydrogen-bond donors (Lipinski definition) is 2. The molecule has 1 fully saturated rings. The molecule has 0 bridgehead atoms. The molecule has 1 atom stereocenters. The van der Waals surface area contributed by atoms with Crippen LogP contribution in [0.1, 0.15) is 65.0 Å². The number of fused-ring (bicyclic) bond motifs is 2. The summed E-state index contributed by atoms with van der Waals surface area (Å²) in [5.74, 6) is -0.320. The fraction of sp³-hybridized carbons (Fsp3) is 0.500. The molecule has 0 amide bonds. The van der Waals surface area contributed by atoms with Crippen LogP contribution in [0.3, 0.4) is 0 Å². The molecule has 1 aliphatic carbocycles. The van der Waals surface area contributed by atoms with Gasteiger partial charge < -0.3 is 14.9 Å². The highest BCUT2D eigenvalue weighted by atomic mass is 19.1. The summed E-state index contributed by atoms with van der Waals surface area (Å²) in [5, 5.41) is 2.04. The first-order valence-corrected chi connectivity index (χ1v) is 14.3. The molecule has 206 valence electrons. The minimum absolute atomic E-state index is 0.153. The topological polar surface area (TPSA) is 38.1 Å². The third kappa shape index (κ3) is 7.03. The van der Waals surface area contributed by atoms with E-state index in [0.717, 1.165) is 60.3 Å². The van der Waals surface area contributed by atoms with Crippen LogP contribution in [0.4, 0.5) is 8.78 Å². The Bertz CT molecular complexity index is 1300. The Labute approximate surface area is 226 Å². The lowest BCUT2D eigenvalue weighted by molar-refractivity contribution is 0.196. The van der Waals surface area contributed by atoms with Crippen LogP contribution >= 0.6 is 0 Å². The molecule has 2 N–H and O–H groups in total. The number of H-pyrrole nitrogens is 2. The van der Waals surface area contributed by atoms with E-state index in [-0.39, 0.29) is 11.6 Å². The van der Waals surface area contributed by atoms with Crippen LogP contribution in [-0.2, 0) is 12.8 Å². The van der Waals surface area contributed by atoms with Crippen LogP contribution in [0.25, 0.3) is 21.8 Å². The predicted molar refractivity (Wildman–Crippen MR) is 156 cm³/mol. The van der Waals surface area contributed by atoms with Crippen molar-refractivity contribution in [2.45, 2.75) is 84.8 Å². The zero-order valence-electron chi connectivity index (χ0n) is 23.7. The van der Waals surface area contributed by atoms with Crippen LogP contribution in [0.15, 0.2) is 48.8 Å². The van der Waals surface area contributed by atoms with Crippen molar-refractivity contribution in [1.82, 2.24) is 19.8 Å². The number of benzene rings is 2. The molecule has 0 radical (unpaired) electrons. The van der Waals surface area contributed by atoms with E-state index in [0.29, 0.717) is 12.1 Å². The summed E-state index contributed by atoms with van der Waals surface area (Å²) in [6.07, 6.45) is 9.85. The van der Waals surface area contributed by atoms with Gasteiger partial charge in [-0.15, -0.1) is 0 Å². The van der Waals surface area contributed by atoms with Crippen molar-refractivity contribution in [3.8, 4) is 0 Å². The maximum atomic E-state index is 13.4. The highest BCUT2D eigenvalue weighted by molar-refractivity contribution is 5.83. The van der Waals surface area contributed by atoms with Crippen molar-refractivity contribution in [1.29, 1.82) is 0 Å². The molecule has 1 aliphatic rings. The lowest BCUT2D eigenvalue weighted by Gasteiger charge is -2.28. The molecule has 4 nitrogen and oxygen atoms in total. The second kappa shape index (κ2) is 12.9. The zero-order chi connectivity index (χ0) is 27.2. The second-order valence-corrected chi connectivity index (χ2v) is 11.0. The van der Waals surface area contributed by atoms with Crippen molar-refractivity contribution in [3.05, 3.63) is 71.6 Å². The number of halogens is 2. The summed E-state index contributed by atoms with van der Waals surface area (Å²) in [4.78, 5) is 11.5. The Morgan fingerprint density at radius 2 is 1.34 bits per heavy atom. The lowest BCUT2D eigenvalue weighted by Crippen LogP contribution is -2.36. The highest BCUT2D eigenvalue weighted by Gasteiger charge is 2.31. The fourth-order valence-electron chi connectivity index (χ4n) is 5.41. The predicted octanol–water partition coefficient (Wildman–Crippen LogP) is 7.69. The Hall–Kier alpha value is -2.70. The van der Waals surface area contributed by atoms with Gasteiger partial charge in [-0.25, -0.2) is 8.78 Å². The molecule has 0 saturated heterocycles. The van der Waals surface area contributed by atoms with E-state index in [1.807, 2.05) is 18.5 Å². The minimum Gasteiger partial charge on any atom is -0.361 e. The van der Waals surface area contributed by atoms with E-state index in [1.54, 1.807) is 18.2 Å². The SMILES string of the molecule is CCC(C)N(CCc1c[nH]c2ccc(F)cc12)C1CC1.CCN(CCc1c[nH]c2ccc(F)cc12)C(C)C. The average molecular weight is 523 g/mol. The van der Waals surface area contributed by atoms with Crippen molar-refractivity contribution in [3.63, 3.8) is 0 Å². The summed E-state index contributed by atoms with van der Waals surface area (Å²) in [6, 6.07) is 11.9. The summed E-state index contributed by atoms with van der Waals surface area (Å²) in [7, 11) is 0. The van der Waals surface area contributed by atoms with E-state index < -0.39 is 0 Å². The first kappa shape index (κ1) is 28.3. The monoisotopic (exact) mass is 522 g/mol. The van der Waals surface area contributed by atoms with Gasteiger partial charge in [-0.3, -0.25) is 4.90 Å². The first-order chi connectivity index (χ1) is 18.3. The Morgan fingerprint density at radius 3 is 1.79 bits per heavy atom. The van der Waals surface area contributed by atoms with Gasteiger partial charge in [-0.2, -0.15) is 0 Å². The van der Waals surface area contributed by atoms with Crippen LogP contribution in [-0.4, -0.2) is 57.5 Å². The molecule has 38 heavy (non-hydrogen) atoms. The minimum atomic E-state index is -0.167. The maximum Gasteiger partial charge on any atom is 0.123 e. The van der Waals surface area contributed by atoms with Crippen LogP contribution in [0.5, 0.6) is 0 Å². The van der Waals surface area contributed by atoms with Gasteiger partial charge in [0, 0.05) is 65.4 Å². The number of aromatic amines is 2. The number of rotatable bonds is 11. The Balaban J connectivity index is 0.000000178. The average Bonchev–Trinajstić information content (AvgIpc) is 3.55. The molecule has 2 heterocycles. The third-order valence-electron chi connectivity index (χ3n) is 8.08. The molecule has 1 unspecified atom stereocenters. The number of nitrogens with one attached hydrogen (secondary N) is 2. The number of likely N-dealkylation sites (N-methyl/N-ethyl adjacent to an activating group) is 1. The quantitative estimate of drug-likeness (QED) is 0.212. The maximum absolute atomic E-state index is 13.4. The normalized spacial score (nSPS) is 14.6. The van der Waals surface area contributed by atoms with Gasteiger partial charge >= 0.3 is 0 Å². The van der Waals surface area contributed by atoms with Gasteiger partial charge in [0.1, 0.15) is 11.6 Å². The molecule has 4 aromatic rings. The van der Waals surface area contributed by atoms with Gasteiger partial charge in [0.25, 0.3) is 0 Å². The summed E-state index contributed by atoms with van der Waals surface area (Å²) in [6.45, 7) is 14.3. The van der Waals surface area contributed by atoms with Crippen molar-refractivity contribution in [2.24, 2.45) is 0 Å². The molecule has 1 saturated carbocycles. The molecule has 2 aromatic heterocycles. The molecule has 0 aliphatic heterocycles. The van der Waals surface area contributed by atoms with E-state index in [4.69, 9.17) is 0 Å². The largest absolute Gasteiger partial charge is 0.361 e. The Kier molecular flexibility index (Phi) is 9.61. The Morgan fingerprint density at radius 1 is 0.816 bits per heavy atom. The van der Waals surface area contributed by atoms with Gasteiger partial charge in [-0.05, 0) is 107 Å². The second-order valence-electron chi connectivity index (χ2n) is 11.0. The van der Waals surface area contributed by atoms with Gasteiger partial charge in [0.15, 0.2) is 0 Å². The lowest BCUT2D eigenvalue weighted by atomic mass is 10.1. The smallest absolute Gasteiger partial charge is 0.123 e. The molecular weight excluding hydrogens is 478 g/mol. The van der Waals surface area contributed by atoms with E-state index in [2.05, 4.69) is 54.4 Å². The van der Waals surface area contributed by atoms with Crippen LogP contribution < -0.4 is 0 Å². The molecule has 0 spiro atoms.